The fourth-order valence-corrected chi connectivity index (χ4v) is 2.79. The van der Waals surface area contributed by atoms with Gasteiger partial charge in [0.15, 0.2) is 0 Å². The highest BCUT2D eigenvalue weighted by atomic mass is 35.5. The molecule has 1 aliphatic heterocycles. The third kappa shape index (κ3) is 3.61. The van der Waals surface area contributed by atoms with E-state index < -0.39 is 0 Å². The van der Waals surface area contributed by atoms with Crippen molar-refractivity contribution in [2.45, 2.75) is 12.8 Å². The molecule has 6 heteroatoms. The molecule has 126 valence electrons. The van der Waals surface area contributed by atoms with Gasteiger partial charge in [0.05, 0.1) is 11.2 Å². The Hall–Kier alpha value is -2.92. The van der Waals surface area contributed by atoms with Gasteiger partial charge in [-0.05, 0) is 29.8 Å². The van der Waals surface area contributed by atoms with Crippen molar-refractivity contribution >= 4 is 46.3 Å². The van der Waals surface area contributed by atoms with Crippen molar-refractivity contribution in [1.29, 1.82) is 0 Å². The van der Waals surface area contributed by atoms with Crippen molar-refractivity contribution in [2.75, 3.05) is 5.32 Å². The molecule has 2 heterocycles. The van der Waals surface area contributed by atoms with E-state index in [1.54, 1.807) is 6.20 Å². The molecule has 2 aromatic carbocycles. The molecule has 1 aromatic heterocycles. The summed E-state index contributed by atoms with van der Waals surface area (Å²) in [7, 11) is 0. The molecule has 0 spiro atoms. The average Bonchev–Trinajstić information content (AvgIpc) is 2.63. The molecule has 1 amide bonds. The number of rotatable bonds is 3. The summed E-state index contributed by atoms with van der Waals surface area (Å²) in [6.45, 7) is 0. The molecule has 0 bridgehead atoms. The quantitative estimate of drug-likeness (QED) is 0.748. The molecule has 0 fully saturated rings. The number of amides is 1. The largest absolute Gasteiger partial charge is 0.355 e. The van der Waals surface area contributed by atoms with Gasteiger partial charge in [0.25, 0.3) is 0 Å². The minimum Gasteiger partial charge on any atom is -0.355 e. The standard InChI is InChI=1S/C19H16N4O.ClH/c24-19-10-9-16(22-23-19)13-5-7-14(8-6-13)21-18-11-12-20-17-4-2-1-3-15(17)18;/h1-8,11-12H,9-10H2,(H,20,21)(H,23,24);1H. The second-order valence-corrected chi connectivity index (χ2v) is 5.67. The Balaban J connectivity index is 0.00000182. The Kier molecular flexibility index (Phi) is 4.95. The van der Waals surface area contributed by atoms with Crippen LogP contribution in [0.25, 0.3) is 10.9 Å². The van der Waals surface area contributed by atoms with Gasteiger partial charge in [-0.3, -0.25) is 9.78 Å². The van der Waals surface area contributed by atoms with Crippen LogP contribution in [0.15, 0.2) is 65.9 Å². The Morgan fingerprint density at radius 3 is 2.52 bits per heavy atom. The number of aromatic nitrogens is 1. The number of para-hydroxylation sites is 1. The highest BCUT2D eigenvalue weighted by molar-refractivity contribution is 6.04. The number of hydrogen-bond acceptors (Lipinski definition) is 4. The third-order valence-electron chi connectivity index (χ3n) is 4.05. The smallest absolute Gasteiger partial charge is 0.240 e. The van der Waals surface area contributed by atoms with Gasteiger partial charge < -0.3 is 5.32 Å². The first kappa shape index (κ1) is 16.9. The van der Waals surface area contributed by atoms with Gasteiger partial charge in [-0.2, -0.15) is 5.10 Å². The van der Waals surface area contributed by atoms with E-state index in [9.17, 15) is 4.79 Å². The van der Waals surface area contributed by atoms with Gasteiger partial charge in [-0.15, -0.1) is 12.4 Å². The molecular formula is C19H17ClN4O. The van der Waals surface area contributed by atoms with Gasteiger partial charge in [-0.25, -0.2) is 5.43 Å². The van der Waals surface area contributed by atoms with E-state index in [1.165, 1.54) is 0 Å². The molecule has 1 aliphatic rings. The predicted molar refractivity (Wildman–Crippen MR) is 103 cm³/mol. The topological polar surface area (TPSA) is 66.4 Å². The summed E-state index contributed by atoms with van der Waals surface area (Å²) in [4.78, 5) is 15.5. The van der Waals surface area contributed by atoms with Crippen molar-refractivity contribution in [1.82, 2.24) is 10.4 Å². The minimum absolute atomic E-state index is 0. The zero-order chi connectivity index (χ0) is 16.4. The highest BCUT2D eigenvalue weighted by Crippen LogP contribution is 2.25. The van der Waals surface area contributed by atoms with E-state index >= 15 is 0 Å². The van der Waals surface area contributed by atoms with Crippen LogP contribution in [0.5, 0.6) is 0 Å². The summed E-state index contributed by atoms with van der Waals surface area (Å²) in [6.07, 6.45) is 2.97. The number of nitrogens with one attached hydrogen (secondary N) is 2. The van der Waals surface area contributed by atoms with Gasteiger partial charge in [-0.1, -0.05) is 30.3 Å². The number of hydrogen-bond donors (Lipinski definition) is 2. The zero-order valence-electron chi connectivity index (χ0n) is 13.4. The maximum absolute atomic E-state index is 11.2. The van der Waals surface area contributed by atoms with Crippen molar-refractivity contribution in [2.24, 2.45) is 5.10 Å². The van der Waals surface area contributed by atoms with Gasteiger partial charge in [0.1, 0.15) is 0 Å². The zero-order valence-corrected chi connectivity index (χ0v) is 14.2. The molecule has 0 saturated carbocycles. The molecule has 4 rings (SSSR count). The summed E-state index contributed by atoms with van der Waals surface area (Å²) >= 11 is 0. The predicted octanol–water partition coefficient (Wildman–Crippen LogP) is 4.01. The van der Waals surface area contributed by atoms with Crippen LogP contribution in [0.4, 0.5) is 11.4 Å². The number of anilines is 2. The Morgan fingerprint density at radius 2 is 1.76 bits per heavy atom. The van der Waals surface area contributed by atoms with E-state index in [0.717, 1.165) is 33.6 Å². The second-order valence-electron chi connectivity index (χ2n) is 5.67. The van der Waals surface area contributed by atoms with Gasteiger partial charge in [0, 0.05) is 35.8 Å². The molecule has 2 N–H and O–H groups in total. The van der Waals surface area contributed by atoms with Crippen LogP contribution in [-0.4, -0.2) is 16.6 Å². The number of benzene rings is 2. The van der Waals surface area contributed by atoms with E-state index in [0.29, 0.717) is 12.8 Å². The summed E-state index contributed by atoms with van der Waals surface area (Å²) in [5, 5.41) is 8.64. The summed E-state index contributed by atoms with van der Waals surface area (Å²) in [5.41, 5.74) is 7.46. The third-order valence-corrected chi connectivity index (χ3v) is 4.05. The van der Waals surface area contributed by atoms with Crippen LogP contribution in [0.3, 0.4) is 0 Å². The Morgan fingerprint density at radius 1 is 0.960 bits per heavy atom. The lowest BCUT2D eigenvalue weighted by Gasteiger charge is -2.13. The molecule has 0 unspecified atom stereocenters. The van der Waals surface area contributed by atoms with Crippen LogP contribution in [0.2, 0.25) is 0 Å². The van der Waals surface area contributed by atoms with Crippen molar-refractivity contribution in [3.8, 4) is 0 Å². The first-order chi connectivity index (χ1) is 11.8. The fourth-order valence-electron chi connectivity index (χ4n) is 2.79. The molecule has 3 aromatic rings. The molecule has 0 radical (unpaired) electrons. The fraction of sp³-hybridized carbons (Fsp3) is 0.105. The van der Waals surface area contributed by atoms with Crippen LogP contribution >= 0.6 is 12.4 Å². The average molecular weight is 353 g/mol. The minimum atomic E-state index is -0.0263. The number of hydrazone groups is 1. The number of nitrogens with zero attached hydrogens (tertiary/aromatic N) is 2. The molecule has 5 nitrogen and oxygen atoms in total. The Bertz CT molecular complexity index is 932. The molecule has 0 saturated heterocycles. The normalized spacial score (nSPS) is 13.6. The highest BCUT2D eigenvalue weighted by Gasteiger charge is 2.13. The lowest BCUT2D eigenvalue weighted by Crippen LogP contribution is -2.25. The Labute approximate surface area is 151 Å². The van der Waals surface area contributed by atoms with Crippen molar-refractivity contribution in [3.63, 3.8) is 0 Å². The van der Waals surface area contributed by atoms with Crippen molar-refractivity contribution < 1.29 is 4.79 Å². The molecule has 0 aliphatic carbocycles. The first-order valence-corrected chi connectivity index (χ1v) is 7.86. The molecule has 25 heavy (non-hydrogen) atoms. The summed E-state index contributed by atoms with van der Waals surface area (Å²) in [6, 6.07) is 18.1. The first-order valence-electron chi connectivity index (χ1n) is 7.86. The number of carbonyl (C=O) groups excluding carboxylic acids is 1. The summed E-state index contributed by atoms with van der Waals surface area (Å²) < 4.78 is 0. The van der Waals surface area contributed by atoms with Crippen LogP contribution < -0.4 is 10.7 Å². The van der Waals surface area contributed by atoms with Crippen LogP contribution in [0.1, 0.15) is 18.4 Å². The van der Waals surface area contributed by atoms with Crippen LogP contribution in [0, 0.1) is 0 Å². The van der Waals surface area contributed by atoms with Gasteiger partial charge in [0.2, 0.25) is 5.91 Å². The maximum atomic E-state index is 11.2. The SMILES string of the molecule is Cl.O=C1CCC(c2ccc(Nc3ccnc4ccccc34)cc2)=NN1. The van der Waals surface area contributed by atoms with E-state index in [-0.39, 0.29) is 18.3 Å². The lowest BCUT2D eigenvalue weighted by molar-refractivity contribution is -0.121. The number of halogens is 1. The van der Waals surface area contributed by atoms with Crippen LogP contribution in [-0.2, 0) is 4.79 Å². The van der Waals surface area contributed by atoms with E-state index in [1.807, 2.05) is 48.5 Å². The van der Waals surface area contributed by atoms with Gasteiger partial charge >= 0.3 is 0 Å². The van der Waals surface area contributed by atoms with E-state index in [4.69, 9.17) is 0 Å². The summed E-state index contributed by atoms with van der Waals surface area (Å²) in [5.74, 6) is -0.0263. The number of pyridine rings is 1. The number of fused-ring (bicyclic) bond motifs is 1. The molecular weight excluding hydrogens is 336 g/mol. The van der Waals surface area contributed by atoms with Crippen molar-refractivity contribution in [3.05, 3.63) is 66.4 Å². The lowest BCUT2D eigenvalue weighted by atomic mass is 10.0. The van der Waals surface area contributed by atoms with E-state index in [2.05, 4.69) is 26.9 Å². The molecule has 0 atom stereocenters. The number of carbonyl (C=O) groups is 1. The maximum Gasteiger partial charge on any atom is 0.240 e. The monoisotopic (exact) mass is 352 g/mol. The second kappa shape index (κ2) is 7.32.